The van der Waals surface area contributed by atoms with E-state index < -0.39 is 0 Å². The van der Waals surface area contributed by atoms with Gasteiger partial charge >= 0.3 is 0 Å². The van der Waals surface area contributed by atoms with Crippen molar-refractivity contribution in [2.24, 2.45) is 5.41 Å². The van der Waals surface area contributed by atoms with Crippen molar-refractivity contribution in [3.63, 3.8) is 0 Å². The Hall–Kier alpha value is -1.38. The zero-order valence-electron chi connectivity index (χ0n) is 15.5. The van der Waals surface area contributed by atoms with Crippen molar-refractivity contribution < 1.29 is 9.84 Å². The summed E-state index contributed by atoms with van der Waals surface area (Å²) in [5.74, 6) is 0. The Morgan fingerprint density at radius 2 is 1.96 bits per heavy atom. The molecule has 0 heterocycles. The summed E-state index contributed by atoms with van der Waals surface area (Å²) in [5, 5.41) is 8.84. The lowest BCUT2D eigenvalue weighted by Gasteiger charge is -2.36. The van der Waals surface area contributed by atoms with Gasteiger partial charge in [-0.05, 0) is 50.2 Å². The smallest absolute Gasteiger partial charge is 0.0784 e. The molecule has 1 atom stereocenters. The van der Waals surface area contributed by atoms with Crippen LogP contribution in [0.3, 0.4) is 0 Å². The minimum absolute atomic E-state index is 0.0853. The number of allylic oxidation sites excluding steroid dienone is 8. The van der Waals surface area contributed by atoms with Crippen molar-refractivity contribution in [3.8, 4) is 0 Å². The molecule has 0 radical (unpaired) electrons. The molecular weight excluding hydrogens is 284 g/mol. The highest BCUT2D eigenvalue weighted by Gasteiger charge is 2.31. The molecule has 1 rings (SSSR count). The predicted molar refractivity (Wildman–Crippen MR) is 99.4 cm³/mol. The number of aliphatic hydroxyl groups excluding tert-OH is 1. The number of rotatable bonds is 6. The summed E-state index contributed by atoms with van der Waals surface area (Å²) >= 11 is 0. The van der Waals surface area contributed by atoms with Crippen LogP contribution in [0.2, 0.25) is 0 Å². The second kappa shape index (κ2) is 9.05. The summed E-state index contributed by atoms with van der Waals surface area (Å²) < 4.78 is 5.60. The second-order valence-electron chi connectivity index (χ2n) is 6.98. The molecule has 2 nitrogen and oxygen atoms in total. The van der Waals surface area contributed by atoms with E-state index in [4.69, 9.17) is 9.84 Å². The molecule has 0 saturated heterocycles. The van der Waals surface area contributed by atoms with Gasteiger partial charge in [0.2, 0.25) is 0 Å². The predicted octanol–water partition coefficient (Wildman–Crippen LogP) is 5.14. The first-order valence-electron chi connectivity index (χ1n) is 8.36. The molecule has 0 fully saturated rings. The van der Waals surface area contributed by atoms with E-state index in [-0.39, 0.29) is 18.1 Å². The van der Waals surface area contributed by atoms with Crippen LogP contribution in [0.15, 0.2) is 58.7 Å². The minimum atomic E-state index is 0.0853. The van der Waals surface area contributed by atoms with Gasteiger partial charge in [0.1, 0.15) is 0 Å². The van der Waals surface area contributed by atoms with Crippen molar-refractivity contribution in [1.82, 2.24) is 0 Å². The number of methoxy groups -OCH3 is 1. The van der Waals surface area contributed by atoms with E-state index in [1.54, 1.807) is 13.2 Å². The van der Waals surface area contributed by atoms with E-state index in [9.17, 15) is 0 Å². The summed E-state index contributed by atoms with van der Waals surface area (Å²) in [6.07, 6.45) is 14.8. The normalized spacial score (nSPS) is 23.3. The molecule has 0 aromatic carbocycles. The molecule has 0 aliphatic heterocycles. The highest BCUT2D eigenvalue weighted by Crippen LogP contribution is 2.41. The second-order valence-corrected chi connectivity index (χ2v) is 6.98. The third kappa shape index (κ3) is 5.96. The van der Waals surface area contributed by atoms with E-state index in [2.05, 4.69) is 45.9 Å². The Labute approximate surface area is 141 Å². The van der Waals surface area contributed by atoms with Gasteiger partial charge in [-0.2, -0.15) is 0 Å². The van der Waals surface area contributed by atoms with Crippen molar-refractivity contribution in [2.45, 2.75) is 53.6 Å². The van der Waals surface area contributed by atoms with Gasteiger partial charge in [-0.3, -0.25) is 0 Å². The van der Waals surface area contributed by atoms with Gasteiger partial charge in [-0.15, -0.1) is 0 Å². The summed E-state index contributed by atoms with van der Waals surface area (Å²) in [6, 6.07) is 0. The molecule has 0 saturated carbocycles. The van der Waals surface area contributed by atoms with Crippen LogP contribution in [0.5, 0.6) is 0 Å². The quantitative estimate of drug-likeness (QED) is 0.688. The van der Waals surface area contributed by atoms with E-state index >= 15 is 0 Å². The standard InChI is InChI=1S/C21H32O2/c1-16(8-7-9-17(2)13-15-22)10-11-19-18(3)20(23-6)12-14-21(19,4)5/h7-11,13,20,22H,12,14-15H2,1-6H3. The molecule has 0 spiro atoms. The maximum Gasteiger partial charge on any atom is 0.0784 e. The van der Waals surface area contributed by atoms with Crippen LogP contribution in [0.1, 0.15) is 47.5 Å². The minimum Gasteiger partial charge on any atom is -0.392 e. The third-order valence-corrected chi connectivity index (χ3v) is 4.60. The largest absolute Gasteiger partial charge is 0.392 e. The molecule has 1 aliphatic rings. The van der Waals surface area contributed by atoms with Crippen LogP contribution >= 0.6 is 0 Å². The van der Waals surface area contributed by atoms with Gasteiger partial charge in [-0.25, -0.2) is 0 Å². The van der Waals surface area contributed by atoms with Gasteiger partial charge in [-0.1, -0.05) is 61.4 Å². The third-order valence-electron chi connectivity index (χ3n) is 4.60. The first-order chi connectivity index (χ1) is 10.8. The summed E-state index contributed by atoms with van der Waals surface area (Å²) in [5.41, 5.74) is 5.21. The molecule has 1 aliphatic carbocycles. The van der Waals surface area contributed by atoms with Crippen LogP contribution in [-0.2, 0) is 4.74 Å². The van der Waals surface area contributed by atoms with Crippen LogP contribution in [0, 0.1) is 5.41 Å². The van der Waals surface area contributed by atoms with Crippen molar-refractivity contribution in [2.75, 3.05) is 13.7 Å². The Kier molecular flexibility index (Phi) is 7.74. The van der Waals surface area contributed by atoms with Crippen LogP contribution in [0.4, 0.5) is 0 Å². The number of hydrogen-bond acceptors (Lipinski definition) is 2. The fourth-order valence-electron chi connectivity index (χ4n) is 3.04. The SMILES string of the molecule is COC1CCC(C)(C)C(C=CC(C)=CC=CC(C)=CCO)=C1C. The van der Waals surface area contributed by atoms with Gasteiger partial charge in [0.05, 0.1) is 12.7 Å². The van der Waals surface area contributed by atoms with Gasteiger partial charge < -0.3 is 9.84 Å². The van der Waals surface area contributed by atoms with E-state index in [0.717, 1.165) is 18.4 Å². The zero-order valence-corrected chi connectivity index (χ0v) is 15.5. The van der Waals surface area contributed by atoms with Crippen molar-refractivity contribution in [3.05, 3.63) is 58.7 Å². The fourth-order valence-corrected chi connectivity index (χ4v) is 3.04. The maximum absolute atomic E-state index is 8.84. The topological polar surface area (TPSA) is 29.5 Å². The first-order valence-corrected chi connectivity index (χ1v) is 8.36. The van der Waals surface area contributed by atoms with Crippen molar-refractivity contribution >= 4 is 0 Å². The monoisotopic (exact) mass is 316 g/mol. The molecule has 2 heteroatoms. The zero-order chi connectivity index (χ0) is 17.5. The maximum atomic E-state index is 8.84. The Balaban J connectivity index is 2.90. The van der Waals surface area contributed by atoms with Crippen LogP contribution in [-0.4, -0.2) is 24.9 Å². The van der Waals surface area contributed by atoms with Crippen LogP contribution < -0.4 is 0 Å². The van der Waals surface area contributed by atoms with Crippen LogP contribution in [0.25, 0.3) is 0 Å². The fraction of sp³-hybridized carbons (Fsp3) is 0.524. The van der Waals surface area contributed by atoms with Gasteiger partial charge in [0, 0.05) is 7.11 Å². The van der Waals surface area contributed by atoms with E-state index in [1.807, 2.05) is 19.1 Å². The molecular formula is C21H32O2. The lowest BCUT2D eigenvalue weighted by Crippen LogP contribution is -2.28. The number of hydrogen-bond donors (Lipinski definition) is 1. The highest BCUT2D eigenvalue weighted by atomic mass is 16.5. The van der Waals surface area contributed by atoms with E-state index in [0.29, 0.717) is 0 Å². The van der Waals surface area contributed by atoms with Gasteiger partial charge in [0.25, 0.3) is 0 Å². The number of ether oxygens (including phenoxy) is 1. The molecule has 0 aromatic rings. The molecule has 0 bridgehead atoms. The van der Waals surface area contributed by atoms with E-state index in [1.165, 1.54) is 16.7 Å². The lowest BCUT2D eigenvalue weighted by atomic mass is 9.71. The summed E-state index contributed by atoms with van der Waals surface area (Å²) in [6.45, 7) is 11.0. The highest BCUT2D eigenvalue weighted by molar-refractivity contribution is 5.38. The molecule has 0 amide bonds. The average Bonchev–Trinajstić information content (AvgIpc) is 2.47. The molecule has 0 aromatic heterocycles. The van der Waals surface area contributed by atoms with Crippen molar-refractivity contribution in [1.29, 1.82) is 0 Å². The Morgan fingerprint density at radius 3 is 2.57 bits per heavy atom. The number of aliphatic hydroxyl groups is 1. The average molecular weight is 316 g/mol. The molecule has 128 valence electrons. The Bertz CT molecular complexity index is 542. The molecule has 1 N–H and O–H groups in total. The first kappa shape index (κ1) is 19.7. The lowest BCUT2D eigenvalue weighted by molar-refractivity contribution is 0.101. The molecule has 1 unspecified atom stereocenters. The van der Waals surface area contributed by atoms with Gasteiger partial charge in [0.15, 0.2) is 0 Å². The summed E-state index contributed by atoms with van der Waals surface area (Å²) in [7, 11) is 1.80. The molecule has 23 heavy (non-hydrogen) atoms. The Morgan fingerprint density at radius 1 is 1.26 bits per heavy atom. The summed E-state index contributed by atoms with van der Waals surface area (Å²) in [4.78, 5) is 0.